The topological polar surface area (TPSA) is 37.3 Å². The Morgan fingerprint density at radius 3 is 2.40 bits per heavy atom. The van der Waals surface area contributed by atoms with Crippen LogP contribution in [0.2, 0.25) is 10.0 Å². The first kappa shape index (κ1) is 12.0. The summed E-state index contributed by atoms with van der Waals surface area (Å²) < 4.78 is 12.8. The third-order valence-electron chi connectivity index (χ3n) is 1.62. The molecular formula is C10H7Cl2FO2. The largest absolute Gasteiger partial charge is 0.481 e. The maximum Gasteiger partial charge on any atom is 0.307 e. The summed E-state index contributed by atoms with van der Waals surface area (Å²) in [6.07, 6.45) is 2.72. The molecule has 80 valence electrons. The number of rotatable bonds is 3. The average Bonchev–Trinajstić information content (AvgIpc) is 2.08. The van der Waals surface area contributed by atoms with Gasteiger partial charge in [-0.1, -0.05) is 35.4 Å². The van der Waals surface area contributed by atoms with Gasteiger partial charge in [-0.3, -0.25) is 4.79 Å². The molecular weight excluding hydrogens is 242 g/mol. The smallest absolute Gasteiger partial charge is 0.307 e. The highest BCUT2D eigenvalue weighted by Gasteiger charge is 2.05. The van der Waals surface area contributed by atoms with Crippen LogP contribution in [0.1, 0.15) is 12.0 Å². The molecule has 0 aromatic heterocycles. The van der Waals surface area contributed by atoms with E-state index in [4.69, 9.17) is 28.3 Å². The van der Waals surface area contributed by atoms with Crippen LogP contribution in [-0.2, 0) is 4.79 Å². The van der Waals surface area contributed by atoms with Crippen LogP contribution in [0.3, 0.4) is 0 Å². The molecule has 0 aliphatic heterocycles. The molecule has 0 aliphatic carbocycles. The molecule has 5 heteroatoms. The summed E-state index contributed by atoms with van der Waals surface area (Å²) in [6, 6.07) is 2.24. The van der Waals surface area contributed by atoms with E-state index in [0.717, 1.165) is 12.1 Å². The molecule has 0 heterocycles. The molecule has 0 fully saturated rings. The van der Waals surface area contributed by atoms with E-state index < -0.39 is 11.8 Å². The fourth-order valence-corrected chi connectivity index (χ4v) is 1.58. The number of hydrogen-bond acceptors (Lipinski definition) is 1. The molecule has 0 spiro atoms. The third-order valence-corrected chi connectivity index (χ3v) is 2.25. The Morgan fingerprint density at radius 2 is 1.93 bits per heavy atom. The summed E-state index contributed by atoms with van der Waals surface area (Å²) in [5.41, 5.74) is 0.418. The number of carboxylic acids is 1. The van der Waals surface area contributed by atoms with Crippen molar-refractivity contribution in [3.63, 3.8) is 0 Å². The maximum absolute atomic E-state index is 12.8. The lowest BCUT2D eigenvalue weighted by Crippen LogP contribution is -1.90. The minimum Gasteiger partial charge on any atom is -0.481 e. The lowest BCUT2D eigenvalue weighted by atomic mass is 10.2. The molecule has 1 aromatic rings. The van der Waals surface area contributed by atoms with Gasteiger partial charge in [-0.15, -0.1) is 0 Å². The minimum absolute atomic E-state index is 0.135. The summed E-state index contributed by atoms with van der Waals surface area (Å²) in [4.78, 5) is 10.2. The van der Waals surface area contributed by atoms with Crippen molar-refractivity contribution in [2.24, 2.45) is 0 Å². The minimum atomic E-state index is -0.958. The maximum atomic E-state index is 12.8. The van der Waals surface area contributed by atoms with Gasteiger partial charge in [0.1, 0.15) is 5.82 Å². The van der Waals surface area contributed by atoms with Gasteiger partial charge in [0, 0.05) is 5.56 Å². The normalized spacial score (nSPS) is 10.9. The molecule has 0 unspecified atom stereocenters. The average molecular weight is 249 g/mol. The second-order valence-corrected chi connectivity index (χ2v) is 3.60. The Kier molecular flexibility index (Phi) is 4.12. The summed E-state index contributed by atoms with van der Waals surface area (Å²) >= 11 is 11.5. The monoisotopic (exact) mass is 248 g/mol. The molecule has 0 bridgehead atoms. The van der Waals surface area contributed by atoms with Gasteiger partial charge >= 0.3 is 5.97 Å². The SMILES string of the molecule is O=C(O)CC=Cc1c(Cl)cc(F)cc1Cl. The van der Waals surface area contributed by atoms with Gasteiger partial charge in [0.25, 0.3) is 0 Å². The number of aliphatic carboxylic acids is 1. The second kappa shape index (κ2) is 5.14. The lowest BCUT2D eigenvalue weighted by Gasteiger charge is -2.01. The van der Waals surface area contributed by atoms with Gasteiger partial charge in [-0.25, -0.2) is 4.39 Å². The Hall–Kier alpha value is -1.06. The molecule has 0 saturated carbocycles. The van der Waals surface area contributed by atoms with E-state index in [2.05, 4.69) is 0 Å². The van der Waals surface area contributed by atoms with E-state index >= 15 is 0 Å². The van der Waals surface area contributed by atoms with Crippen LogP contribution in [0.15, 0.2) is 18.2 Å². The number of hydrogen-bond donors (Lipinski definition) is 1. The van der Waals surface area contributed by atoms with Crippen molar-refractivity contribution in [1.82, 2.24) is 0 Å². The van der Waals surface area contributed by atoms with Crippen LogP contribution in [0.4, 0.5) is 4.39 Å². The fourth-order valence-electron chi connectivity index (χ4n) is 0.990. The fraction of sp³-hybridized carbons (Fsp3) is 0.100. The summed E-state index contributed by atoms with van der Waals surface area (Å²) in [6.45, 7) is 0. The van der Waals surface area contributed by atoms with E-state index in [9.17, 15) is 9.18 Å². The van der Waals surface area contributed by atoms with Crippen molar-refractivity contribution < 1.29 is 14.3 Å². The van der Waals surface area contributed by atoms with Gasteiger partial charge in [0.2, 0.25) is 0 Å². The Balaban J connectivity index is 2.94. The lowest BCUT2D eigenvalue weighted by molar-refractivity contribution is -0.135. The molecule has 0 radical (unpaired) electrons. The molecule has 1 N–H and O–H groups in total. The van der Waals surface area contributed by atoms with E-state index in [1.165, 1.54) is 12.2 Å². The molecule has 15 heavy (non-hydrogen) atoms. The third kappa shape index (κ3) is 3.53. The Labute approximate surface area is 95.9 Å². The van der Waals surface area contributed by atoms with Crippen LogP contribution < -0.4 is 0 Å². The number of halogens is 3. The predicted octanol–water partition coefficient (Wildman–Crippen LogP) is 3.62. The van der Waals surface area contributed by atoms with E-state index in [-0.39, 0.29) is 16.5 Å². The molecule has 0 saturated heterocycles. The Bertz CT molecular complexity index is 393. The van der Waals surface area contributed by atoms with Gasteiger partial charge in [-0.2, -0.15) is 0 Å². The van der Waals surface area contributed by atoms with Gasteiger partial charge in [0.15, 0.2) is 0 Å². The summed E-state index contributed by atoms with van der Waals surface area (Å²) in [7, 11) is 0. The quantitative estimate of drug-likeness (QED) is 0.888. The predicted molar refractivity (Wildman–Crippen MR) is 57.7 cm³/mol. The van der Waals surface area contributed by atoms with E-state index in [1.54, 1.807) is 0 Å². The molecule has 1 aromatic carbocycles. The number of carbonyl (C=O) groups is 1. The summed E-state index contributed by atoms with van der Waals surface area (Å²) in [5.74, 6) is -1.49. The number of carboxylic acid groups (broad SMARTS) is 1. The van der Waals surface area contributed by atoms with Crippen molar-refractivity contribution in [3.05, 3.63) is 39.6 Å². The van der Waals surface area contributed by atoms with E-state index in [1.807, 2.05) is 0 Å². The zero-order chi connectivity index (χ0) is 11.4. The molecule has 0 atom stereocenters. The van der Waals surface area contributed by atoms with Crippen molar-refractivity contribution in [2.45, 2.75) is 6.42 Å². The number of benzene rings is 1. The molecule has 0 amide bonds. The summed E-state index contributed by atoms with van der Waals surface area (Å²) in [5, 5.41) is 8.71. The highest BCUT2D eigenvalue weighted by atomic mass is 35.5. The highest BCUT2D eigenvalue weighted by Crippen LogP contribution is 2.27. The van der Waals surface area contributed by atoms with E-state index in [0.29, 0.717) is 5.56 Å². The zero-order valence-corrected chi connectivity index (χ0v) is 9.02. The molecule has 0 aliphatic rings. The van der Waals surface area contributed by atoms with Crippen LogP contribution >= 0.6 is 23.2 Å². The zero-order valence-electron chi connectivity index (χ0n) is 7.51. The molecule has 1 rings (SSSR count). The van der Waals surface area contributed by atoms with Gasteiger partial charge in [0.05, 0.1) is 16.5 Å². The van der Waals surface area contributed by atoms with Crippen molar-refractivity contribution in [3.8, 4) is 0 Å². The van der Waals surface area contributed by atoms with Crippen LogP contribution in [0, 0.1) is 5.82 Å². The van der Waals surface area contributed by atoms with Gasteiger partial charge < -0.3 is 5.11 Å². The standard InChI is InChI=1S/C10H7Cl2FO2/c11-8-4-6(13)5-9(12)7(8)2-1-3-10(14)15/h1-2,4-5H,3H2,(H,14,15). The van der Waals surface area contributed by atoms with Crippen LogP contribution in [-0.4, -0.2) is 11.1 Å². The Morgan fingerprint density at radius 1 is 1.40 bits per heavy atom. The first-order valence-electron chi connectivity index (χ1n) is 4.03. The highest BCUT2D eigenvalue weighted by molar-refractivity contribution is 6.37. The van der Waals surface area contributed by atoms with Crippen molar-refractivity contribution in [1.29, 1.82) is 0 Å². The van der Waals surface area contributed by atoms with Gasteiger partial charge in [-0.05, 0) is 12.1 Å². The van der Waals surface area contributed by atoms with Crippen LogP contribution in [0.5, 0.6) is 0 Å². The van der Waals surface area contributed by atoms with Crippen molar-refractivity contribution in [2.75, 3.05) is 0 Å². The molecule has 2 nitrogen and oxygen atoms in total. The second-order valence-electron chi connectivity index (χ2n) is 2.78. The first-order chi connectivity index (χ1) is 7.00. The van der Waals surface area contributed by atoms with Crippen LogP contribution in [0.25, 0.3) is 6.08 Å². The van der Waals surface area contributed by atoms with Crippen molar-refractivity contribution >= 4 is 35.2 Å². The first-order valence-corrected chi connectivity index (χ1v) is 4.79.